The Morgan fingerprint density at radius 1 is 1.15 bits per heavy atom. The molecule has 2 aromatic carbocycles. The molecular weight excluding hydrogens is 483 g/mol. The van der Waals surface area contributed by atoms with Crippen LogP contribution in [-0.4, -0.2) is 48.8 Å². The molecule has 3 aromatic rings. The first kappa shape index (κ1) is 23.9. The number of nitrogens with zero attached hydrogens (tertiary/aromatic N) is 1. The minimum absolute atomic E-state index is 0.0609. The number of benzene rings is 2. The fraction of sp³-hybridized carbons (Fsp3) is 0.261. The summed E-state index contributed by atoms with van der Waals surface area (Å²) in [4.78, 5) is 38.3. The summed E-state index contributed by atoms with van der Waals surface area (Å²) in [6.45, 7) is 0.863. The highest BCUT2D eigenvalue weighted by Gasteiger charge is 2.24. The van der Waals surface area contributed by atoms with Crippen LogP contribution >= 0.6 is 23.2 Å². The highest BCUT2D eigenvalue weighted by Crippen LogP contribution is 2.30. The van der Waals surface area contributed by atoms with E-state index < -0.39 is 17.7 Å². The molecule has 0 unspecified atom stereocenters. The third-order valence-corrected chi connectivity index (χ3v) is 5.90. The van der Waals surface area contributed by atoms with Crippen molar-refractivity contribution in [1.82, 2.24) is 9.99 Å². The minimum atomic E-state index is -0.944. The van der Waals surface area contributed by atoms with Gasteiger partial charge in [0.05, 0.1) is 23.9 Å². The largest absolute Gasteiger partial charge is 0.494 e. The molecule has 9 nitrogen and oxygen atoms in total. The van der Waals surface area contributed by atoms with Crippen LogP contribution in [0.2, 0.25) is 10.0 Å². The number of fused-ring (bicyclic) bond motifs is 1. The van der Waals surface area contributed by atoms with Crippen LogP contribution in [0.15, 0.2) is 42.5 Å². The summed E-state index contributed by atoms with van der Waals surface area (Å²) < 4.78 is 12.1. The van der Waals surface area contributed by atoms with Crippen LogP contribution in [0.3, 0.4) is 0 Å². The maximum atomic E-state index is 13.2. The van der Waals surface area contributed by atoms with E-state index >= 15 is 0 Å². The normalized spacial score (nSPS) is 15.2. The Hall–Kier alpha value is -3.27. The number of carbonyl (C=O) groups excluding carboxylic acids is 3. The fourth-order valence-electron chi connectivity index (χ4n) is 3.70. The van der Waals surface area contributed by atoms with Crippen molar-refractivity contribution in [2.45, 2.75) is 18.9 Å². The first-order chi connectivity index (χ1) is 16.4. The standard InChI is InChI=1S/C23H22Cl2N4O5/c1-33-19-6-2-4-13-10-18(21(30)27-17-8-7-14(24)11-16(17)25)29(20(13)19)28-23(32)22(31)26-12-15-5-3-9-34-15/h2,4,6-8,10-11,15H,3,5,9,12H2,1H3,(H,26,31)(H,27,30)(H,28,32)/t15-/m0/s1. The second kappa shape index (κ2) is 10.3. The Kier molecular flexibility index (Phi) is 7.26. The van der Waals surface area contributed by atoms with Crippen LogP contribution in [0.1, 0.15) is 23.3 Å². The summed E-state index contributed by atoms with van der Waals surface area (Å²) >= 11 is 12.1. The highest BCUT2D eigenvalue weighted by atomic mass is 35.5. The first-order valence-electron chi connectivity index (χ1n) is 10.5. The number of halogens is 2. The van der Waals surface area contributed by atoms with E-state index in [2.05, 4.69) is 16.1 Å². The van der Waals surface area contributed by atoms with E-state index in [1.54, 1.807) is 36.4 Å². The van der Waals surface area contributed by atoms with Crippen molar-refractivity contribution in [2.24, 2.45) is 0 Å². The smallest absolute Gasteiger partial charge is 0.328 e. The van der Waals surface area contributed by atoms with Gasteiger partial charge in [-0.1, -0.05) is 35.3 Å². The molecule has 3 N–H and O–H groups in total. The van der Waals surface area contributed by atoms with Crippen LogP contribution < -0.4 is 20.8 Å². The van der Waals surface area contributed by atoms with Gasteiger partial charge >= 0.3 is 11.8 Å². The topological polar surface area (TPSA) is 111 Å². The van der Waals surface area contributed by atoms with E-state index in [1.165, 1.54) is 17.9 Å². The Balaban J connectivity index is 1.62. The molecule has 2 heterocycles. The quantitative estimate of drug-likeness (QED) is 0.444. The zero-order valence-electron chi connectivity index (χ0n) is 18.2. The van der Waals surface area contributed by atoms with Crippen molar-refractivity contribution in [3.63, 3.8) is 0 Å². The third-order valence-electron chi connectivity index (χ3n) is 5.35. The summed E-state index contributed by atoms with van der Waals surface area (Å²) in [5.41, 5.74) is 3.31. The molecule has 0 bridgehead atoms. The zero-order chi connectivity index (χ0) is 24.2. The number of anilines is 1. The Bertz CT molecular complexity index is 1250. The molecule has 178 valence electrons. The number of hydrogen-bond acceptors (Lipinski definition) is 5. The van der Waals surface area contributed by atoms with Gasteiger partial charge in [-0.3, -0.25) is 19.8 Å². The lowest BCUT2D eigenvalue weighted by Crippen LogP contribution is -2.42. The number of ether oxygens (including phenoxy) is 2. The molecule has 0 spiro atoms. The third kappa shape index (κ3) is 5.11. The van der Waals surface area contributed by atoms with Gasteiger partial charge in [-0.25, -0.2) is 4.68 Å². The van der Waals surface area contributed by atoms with Crippen LogP contribution in [-0.2, 0) is 14.3 Å². The molecule has 0 saturated carbocycles. The number of hydrogen-bond donors (Lipinski definition) is 3. The summed E-state index contributed by atoms with van der Waals surface area (Å²) in [6.07, 6.45) is 1.62. The van der Waals surface area contributed by atoms with Crippen LogP contribution in [0, 0.1) is 0 Å². The second-order valence-electron chi connectivity index (χ2n) is 7.63. The van der Waals surface area contributed by atoms with Gasteiger partial charge in [-0.05, 0) is 43.2 Å². The molecule has 1 aliphatic heterocycles. The predicted octanol–water partition coefficient (Wildman–Crippen LogP) is 3.57. The van der Waals surface area contributed by atoms with Crippen molar-refractivity contribution < 1.29 is 23.9 Å². The minimum Gasteiger partial charge on any atom is -0.494 e. The number of carbonyl (C=O) groups is 3. The first-order valence-corrected chi connectivity index (χ1v) is 11.3. The summed E-state index contributed by atoms with van der Waals surface area (Å²) in [5, 5.41) is 6.55. The number of para-hydroxylation sites is 1. The van der Waals surface area contributed by atoms with Gasteiger partial charge in [0, 0.05) is 23.6 Å². The number of rotatable bonds is 6. The van der Waals surface area contributed by atoms with Crippen LogP contribution in [0.5, 0.6) is 5.75 Å². The predicted molar refractivity (Wildman–Crippen MR) is 129 cm³/mol. The molecule has 1 aliphatic rings. The fourth-order valence-corrected chi connectivity index (χ4v) is 4.15. The number of aromatic nitrogens is 1. The zero-order valence-corrected chi connectivity index (χ0v) is 19.7. The average molecular weight is 505 g/mol. The molecule has 3 amide bonds. The average Bonchev–Trinajstić information content (AvgIpc) is 3.47. The van der Waals surface area contributed by atoms with Crippen molar-refractivity contribution >= 4 is 57.5 Å². The van der Waals surface area contributed by atoms with Gasteiger partial charge in [0.15, 0.2) is 0 Å². The van der Waals surface area contributed by atoms with E-state index in [-0.39, 0.29) is 23.4 Å². The molecule has 0 radical (unpaired) electrons. The molecule has 34 heavy (non-hydrogen) atoms. The number of amides is 3. The van der Waals surface area contributed by atoms with Gasteiger partial charge in [-0.15, -0.1) is 0 Å². The lowest BCUT2D eigenvalue weighted by molar-refractivity contribution is -0.136. The van der Waals surface area contributed by atoms with Gasteiger partial charge in [0.1, 0.15) is 17.0 Å². The Morgan fingerprint density at radius 3 is 2.68 bits per heavy atom. The molecule has 1 aromatic heterocycles. The van der Waals surface area contributed by atoms with Crippen LogP contribution in [0.4, 0.5) is 5.69 Å². The van der Waals surface area contributed by atoms with E-state index in [1.807, 2.05) is 0 Å². The van der Waals surface area contributed by atoms with Gasteiger partial charge in [0.2, 0.25) is 0 Å². The van der Waals surface area contributed by atoms with Crippen LogP contribution in [0.25, 0.3) is 10.9 Å². The Labute approximate surface area is 205 Å². The van der Waals surface area contributed by atoms with Crippen molar-refractivity contribution in [1.29, 1.82) is 0 Å². The second-order valence-corrected chi connectivity index (χ2v) is 8.47. The lowest BCUT2D eigenvalue weighted by Gasteiger charge is -2.15. The summed E-state index contributed by atoms with van der Waals surface area (Å²) in [7, 11) is 1.47. The molecule has 4 rings (SSSR count). The molecule has 0 aliphatic carbocycles. The Morgan fingerprint density at radius 2 is 1.97 bits per heavy atom. The summed E-state index contributed by atoms with van der Waals surface area (Å²) in [6, 6.07) is 11.4. The molecule has 1 fully saturated rings. The van der Waals surface area contributed by atoms with E-state index in [0.717, 1.165) is 12.8 Å². The number of methoxy groups -OCH3 is 1. The highest BCUT2D eigenvalue weighted by molar-refractivity contribution is 6.38. The molecule has 1 atom stereocenters. The van der Waals surface area contributed by atoms with Gasteiger partial charge < -0.3 is 20.1 Å². The molecular formula is C23H22Cl2N4O5. The van der Waals surface area contributed by atoms with E-state index in [0.29, 0.717) is 34.0 Å². The lowest BCUT2D eigenvalue weighted by atomic mass is 10.2. The van der Waals surface area contributed by atoms with E-state index in [4.69, 9.17) is 32.7 Å². The van der Waals surface area contributed by atoms with Crippen molar-refractivity contribution in [3.8, 4) is 5.75 Å². The van der Waals surface area contributed by atoms with Crippen molar-refractivity contribution in [2.75, 3.05) is 31.0 Å². The summed E-state index contributed by atoms with van der Waals surface area (Å²) in [5.74, 6) is -1.96. The maximum absolute atomic E-state index is 13.2. The maximum Gasteiger partial charge on any atom is 0.328 e. The van der Waals surface area contributed by atoms with E-state index in [9.17, 15) is 14.4 Å². The number of nitrogens with one attached hydrogen (secondary N) is 3. The van der Waals surface area contributed by atoms with Gasteiger partial charge in [-0.2, -0.15) is 0 Å². The SMILES string of the molecule is COc1cccc2cc(C(=O)Nc3ccc(Cl)cc3Cl)n(NC(=O)C(=O)NC[C@@H]3CCCO3)c12. The molecule has 11 heteroatoms. The van der Waals surface area contributed by atoms with Crippen molar-refractivity contribution in [3.05, 3.63) is 58.2 Å². The monoisotopic (exact) mass is 504 g/mol. The van der Waals surface area contributed by atoms with Gasteiger partial charge in [0.25, 0.3) is 5.91 Å². The molecule has 1 saturated heterocycles.